The first kappa shape index (κ1) is 17.8. The summed E-state index contributed by atoms with van der Waals surface area (Å²) < 4.78 is 10.8. The molecular weight excluding hydrogens is 328 g/mol. The predicted molar refractivity (Wildman–Crippen MR) is 92.5 cm³/mol. The largest absolute Gasteiger partial charge is 0.490 e. The van der Waals surface area contributed by atoms with Crippen molar-refractivity contribution in [2.45, 2.75) is 20.8 Å². The fourth-order valence-corrected chi connectivity index (χ4v) is 2.99. The van der Waals surface area contributed by atoms with Crippen LogP contribution in [0.4, 0.5) is 0 Å². The minimum atomic E-state index is -0.459. The number of benzene rings is 1. The Bertz CT molecular complexity index is 727. The van der Waals surface area contributed by atoms with Crippen molar-refractivity contribution in [3.63, 3.8) is 0 Å². The summed E-state index contributed by atoms with van der Waals surface area (Å²) in [7, 11) is 0. The number of hydrazine groups is 1. The SMILES string of the molecule is CCOc1ccccc1OCC(=O)NNC(=O)c1cc(C)sc1C. The van der Waals surface area contributed by atoms with Gasteiger partial charge in [0.15, 0.2) is 18.1 Å². The monoisotopic (exact) mass is 348 g/mol. The number of aryl methyl sites for hydroxylation is 2. The Morgan fingerprint density at radius 3 is 2.33 bits per heavy atom. The number of hydrogen-bond acceptors (Lipinski definition) is 5. The van der Waals surface area contributed by atoms with Gasteiger partial charge in [-0.15, -0.1) is 11.3 Å². The fourth-order valence-electron chi connectivity index (χ4n) is 2.07. The molecule has 0 atom stereocenters. The third kappa shape index (κ3) is 4.73. The lowest BCUT2D eigenvalue weighted by molar-refractivity contribution is -0.123. The Labute approximate surface area is 144 Å². The molecule has 0 saturated heterocycles. The van der Waals surface area contributed by atoms with Crippen LogP contribution in [0.15, 0.2) is 30.3 Å². The van der Waals surface area contributed by atoms with Crippen LogP contribution in [-0.4, -0.2) is 25.0 Å². The highest BCUT2D eigenvalue weighted by molar-refractivity contribution is 7.12. The van der Waals surface area contributed by atoms with E-state index in [0.717, 1.165) is 9.75 Å². The lowest BCUT2D eigenvalue weighted by atomic mass is 10.2. The van der Waals surface area contributed by atoms with Gasteiger partial charge >= 0.3 is 0 Å². The van der Waals surface area contributed by atoms with Gasteiger partial charge in [-0.2, -0.15) is 0 Å². The van der Waals surface area contributed by atoms with E-state index >= 15 is 0 Å². The van der Waals surface area contributed by atoms with Crippen LogP contribution in [0, 0.1) is 13.8 Å². The minimum Gasteiger partial charge on any atom is -0.490 e. The number of ether oxygens (including phenoxy) is 2. The van der Waals surface area contributed by atoms with E-state index in [4.69, 9.17) is 9.47 Å². The van der Waals surface area contributed by atoms with E-state index in [-0.39, 0.29) is 12.5 Å². The lowest BCUT2D eigenvalue weighted by Crippen LogP contribution is -2.43. The van der Waals surface area contributed by atoms with E-state index in [1.807, 2.05) is 26.8 Å². The van der Waals surface area contributed by atoms with Gasteiger partial charge in [0, 0.05) is 9.75 Å². The Morgan fingerprint density at radius 2 is 1.75 bits per heavy atom. The molecule has 0 bridgehead atoms. The number of thiophene rings is 1. The molecule has 0 unspecified atom stereocenters. The van der Waals surface area contributed by atoms with Gasteiger partial charge in [-0.3, -0.25) is 20.4 Å². The van der Waals surface area contributed by atoms with Crippen LogP contribution in [0.25, 0.3) is 0 Å². The van der Waals surface area contributed by atoms with Crippen molar-refractivity contribution >= 4 is 23.2 Å². The van der Waals surface area contributed by atoms with Gasteiger partial charge in [-0.25, -0.2) is 0 Å². The second kappa shape index (κ2) is 8.35. The molecule has 0 saturated carbocycles. The topological polar surface area (TPSA) is 76.7 Å². The predicted octanol–water partition coefficient (Wildman–Crippen LogP) is 2.60. The number of nitrogens with one attached hydrogen (secondary N) is 2. The highest BCUT2D eigenvalue weighted by Gasteiger charge is 2.13. The van der Waals surface area contributed by atoms with Crippen molar-refractivity contribution in [2.75, 3.05) is 13.2 Å². The number of amides is 2. The molecule has 0 spiro atoms. The number of para-hydroxylation sites is 2. The molecule has 128 valence electrons. The normalized spacial score (nSPS) is 10.1. The summed E-state index contributed by atoms with van der Waals surface area (Å²) in [5.41, 5.74) is 5.28. The van der Waals surface area contributed by atoms with Crippen molar-refractivity contribution in [3.8, 4) is 11.5 Å². The van der Waals surface area contributed by atoms with E-state index in [9.17, 15) is 9.59 Å². The van der Waals surface area contributed by atoms with Gasteiger partial charge in [0.05, 0.1) is 12.2 Å². The van der Waals surface area contributed by atoms with Crippen molar-refractivity contribution in [1.29, 1.82) is 0 Å². The number of carbonyl (C=O) groups excluding carboxylic acids is 2. The van der Waals surface area contributed by atoms with Crippen LogP contribution < -0.4 is 20.3 Å². The van der Waals surface area contributed by atoms with Crippen LogP contribution in [-0.2, 0) is 4.79 Å². The number of carbonyl (C=O) groups is 2. The molecule has 2 N–H and O–H groups in total. The maximum absolute atomic E-state index is 12.0. The summed E-state index contributed by atoms with van der Waals surface area (Å²) in [5, 5.41) is 0. The first-order valence-electron chi connectivity index (χ1n) is 7.52. The average molecular weight is 348 g/mol. The van der Waals surface area contributed by atoms with Crippen LogP contribution in [0.2, 0.25) is 0 Å². The first-order chi connectivity index (χ1) is 11.5. The zero-order valence-corrected chi connectivity index (χ0v) is 14.7. The van der Waals surface area contributed by atoms with E-state index in [2.05, 4.69) is 10.9 Å². The van der Waals surface area contributed by atoms with Gasteiger partial charge < -0.3 is 9.47 Å². The molecule has 2 amide bonds. The number of hydrogen-bond donors (Lipinski definition) is 2. The summed E-state index contributed by atoms with van der Waals surface area (Å²) in [4.78, 5) is 25.8. The maximum atomic E-state index is 12.0. The zero-order chi connectivity index (χ0) is 17.5. The molecule has 0 aliphatic rings. The van der Waals surface area contributed by atoms with Gasteiger partial charge in [0.2, 0.25) is 0 Å². The van der Waals surface area contributed by atoms with E-state index in [1.165, 1.54) is 11.3 Å². The van der Waals surface area contributed by atoms with E-state index < -0.39 is 5.91 Å². The molecule has 24 heavy (non-hydrogen) atoms. The summed E-state index contributed by atoms with van der Waals surface area (Å²) in [6, 6.07) is 8.88. The highest BCUT2D eigenvalue weighted by atomic mass is 32.1. The standard InChI is InChI=1S/C17H20N2O4S/c1-4-22-14-7-5-6-8-15(14)23-10-16(20)18-19-17(21)13-9-11(2)24-12(13)3/h5-9H,4,10H2,1-3H3,(H,18,20)(H,19,21). The smallest absolute Gasteiger partial charge is 0.276 e. The molecule has 2 rings (SSSR count). The summed E-state index contributed by atoms with van der Waals surface area (Å²) in [5.74, 6) is 0.241. The summed E-state index contributed by atoms with van der Waals surface area (Å²) in [6.07, 6.45) is 0. The van der Waals surface area contributed by atoms with Gasteiger partial charge in [-0.05, 0) is 39.0 Å². The van der Waals surface area contributed by atoms with E-state index in [0.29, 0.717) is 23.7 Å². The minimum absolute atomic E-state index is 0.230. The van der Waals surface area contributed by atoms with Crippen LogP contribution in [0.5, 0.6) is 11.5 Å². The van der Waals surface area contributed by atoms with Crippen molar-refractivity contribution in [2.24, 2.45) is 0 Å². The molecule has 1 heterocycles. The molecule has 0 radical (unpaired) electrons. The Hall–Kier alpha value is -2.54. The second-order valence-electron chi connectivity index (χ2n) is 5.00. The highest BCUT2D eigenvalue weighted by Crippen LogP contribution is 2.26. The Morgan fingerprint density at radius 1 is 1.08 bits per heavy atom. The third-order valence-electron chi connectivity index (χ3n) is 3.11. The molecule has 6 nitrogen and oxygen atoms in total. The Balaban J connectivity index is 1.84. The lowest BCUT2D eigenvalue weighted by Gasteiger charge is -2.12. The number of rotatable bonds is 6. The first-order valence-corrected chi connectivity index (χ1v) is 8.33. The third-order valence-corrected chi connectivity index (χ3v) is 4.07. The molecule has 1 aromatic carbocycles. The molecule has 1 aromatic heterocycles. The summed E-state index contributed by atoms with van der Waals surface area (Å²) >= 11 is 1.53. The molecule has 0 aliphatic heterocycles. The van der Waals surface area contributed by atoms with Gasteiger partial charge in [0.1, 0.15) is 0 Å². The molecule has 2 aromatic rings. The van der Waals surface area contributed by atoms with Gasteiger partial charge in [0.25, 0.3) is 11.8 Å². The van der Waals surface area contributed by atoms with Crippen LogP contribution in [0.3, 0.4) is 0 Å². The van der Waals surface area contributed by atoms with Gasteiger partial charge in [-0.1, -0.05) is 12.1 Å². The zero-order valence-electron chi connectivity index (χ0n) is 13.8. The second-order valence-corrected chi connectivity index (χ2v) is 6.46. The molecule has 0 aliphatic carbocycles. The van der Waals surface area contributed by atoms with E-state index in [1.54, 1.807) is 24.3 Å². The molecule has 0 fully saturated rings. The molecular formula is C17H20N2O4S. The molecule has 7 heteroatoms. The fraction of sp³-hybridized carbons (Fsp3) is 0.294. The Kier molecular flexibility index (Phi) is 6.20. The summed E-state index contributed by atoms with van der Waals surface area (Å²) in [6.45, 7) is 5.93. The van der Waals surface area contributed by atoms with Crippen LogP contribution >= 0.6 is 11.3 Å². The average Bonchev–Trinajstić information content (AvgIpc) is 2.90. The van der Waals surface area contributed by atoms with Crippen molar-refractivity contribution in [3.05, 3.63) is 45.6 Å². The van der Waals surface area contributed by atoms with Crippen molar-refractivity contribution in [1.82, 2.24) is 10.9 Å². The maximum Gasteiger partial charge on any atom is 0.276 e. The van der Waals surface area contributed by atoms with Crippen LogP contribution in [0.1, 0.15) is 27.0 Å². The van der Waals surface area contributed by atoms with Crippen molar-refractivity contribution < 1.29 is 19.1 Å². The quantitative estimate of drug-likeness (QED) is 0.787.